The van der Waals surface area contributed by atoms with E-state index in [-0.39, 0.29) is 5.54 Å². The molecule has 1 heterocycles. The highest BCUT2D eigenvalue weighted by molar-refractivity contribution is 9.41. The van der Waals surface area contributed by atoms with Crippen LogP contribution in [0.4, 0.5) is 0 Å². The van der Waals surface area contributed by atoms with Crippen molar-refractivity contribution in [3.8, 4) is 0 Å². The van der Waals surface area contributed by atoms with E-state index in [4.69, 9.17) is 13.3 Å². The van der Waals surface area contributed by atoms with Gasteiger partial charge in [-0.05, 0) is 62.2 Å². The largest absolute Gasteiger partial charge is 0.504 e. The van der Waals surface area contributed by atoms with Gasteiger partial charge in [-0.2, -0.15) is 0 Å². The fourth-order valence-electron chi connectivity index (χ4n) is 2.06. The molecule has 25 heavy (non-hydrogen) atoms. The van der Waals surface area contributed by atoms with Crippen LogP contribution in [-0.4, -0.2) is 40.9 Å². The number of fused-ring (bicyclic) bond motifs is 1. The number of aromatic nitrogens is 1. The van der Waals surface area contributed by atoms with Crippen LogP contribution in [0.5, 0.6) is 0 Å². The van der Waals surface area contributed by atoms with Gasteiger partial charge in [-0.25, -0.2) is 4.98 Å². The van der Waals surface area contributed by atoms with E-state index in [0.29, 0.717) is 0 Å². The van der Waals surface area contributed by atoms with E-state index >= 15 is 0 Å². The lowest BCUT2D eigenvalue weighted by atomic mass is 10.3. The molecule has 0 fully saturated rings. The number of benzene rings is 1. The monoisotopic (exact) mass is 489 g/mol. The van der Waals surface area contributed by atoms with E-state index in [1.54, 1.807) is 93.6 Å². The molecule has 2 aromatic rings. The van der Waals surface area contributed by atoms with Crippen LogP contribution in [0, 0.1) is 0 Å². The van der Waals surface area contributed by atoms with Gasteiger partial charge >= 0.3 is 8.80 Å². The number of para-hydroxylation sites is 1. The van der Waals surface area contributed by atoms with Crippen LogP contribution in [0.3, 0.4) is 0 Å². The molecule has 4 nitrogen and oxygen atoms in total. The highest BCUT2D eigenvalue weighted by atomic mass is 33.9. The molecular weight excluding hydrogens is 471 g/mol. The van der Waals surface area contributed by atoms with Crippen molar-refractivity contribution in [2.24, 2.45) is 0 Å². The molecule has 12 heteroatoms. The first kappa shape index (κ1) is 22.6. The van der Waals surface area contributed by atoms with Gasteiger partial charge in [0.15, 0.2) is 4.34 Å². The maximum atomic E-state index is 5.51. The quantitative estimate of drug-likeness (QED) is 0.179. The van der Waals surface area contributed by atoms with Gasteiger partial charge in [0.05, 0.1) is 10.2 Å². The van der Waals surface area contributed by atoms with E-state index in [0.717, 1.165) is 15.6 Å². The molecule has 1 aromatic heterocycles. The van der Waals surface area contributed by atoms with Crippen molar-refractivity contribution >= 4 is 91.2 Å². The van der Waals surface area contributed by atoms with Crippen molar-refractivity contribution in [2.45, 2.75) is 16.8 Å². The lowest BCUT2D eigenvalue weighted by Gasteiger charge is -2.29. The van der Waals surface area contributed by atoms with Gasteiger partial charge in [0.2, 0.25) is 0 Å². The van der Waals surface area contributed by atoms with Crippen molar-refractivity contribution in [3.63, 3.8) is 0 Å². The highest BCUT2D eigenvalue weighted by Gasteiger charge is 2.44. The van der Waals surface area contributed by atoms with Crippen molar-refractivity contribution < 1.29 is 13.3 Å². The number of nitrogens with zero attached hydrogens (tertiary/aromatic N) is 1. The summed E-state index contributed by atoms with van der Waals surface area (Å²) in [5, 5.41) is 0. The summed E-state index contributed by atoms with van der Waals surface area (Å²) < 4.78 is 18.9. The normalized spacial score (nSPS) is 13.4. The van der Waals surface area contributed by atoms with E-state index in [1.807, 2.05) is 6.07 Å². The second kappa shape index (κ2) is 12.0. The lowest BCUT2D eigenvalue weighted by molar-refractivity contribution is 0.116. The predicted octanol–water partition coefficient (Wildman–Crippen LogP) is 6.90. The molecule has 0 saturated carbocycles. The van der Waals surface area contributed by atoms with Gasteiger partial charge in [0.25, 0.3) is 0 Å². The summed E-state index contributed by atoms with van der Waals surface area (Å²) in [4.78, 5) is 4.61. The molecule has 140 valence electrons. The van der Waals surface area contributed by atoms with E-state index in [9.17, 15) is 0 Å². The summed E-state index contributed by atoms with van der Waals surface area (Å²) in [7, 11) is 13.0. The third-order valence-corrected chi connectivity index (χ3v) is 18.9. The van der Waals surface area contributed by atoms with Crippen molar-refractivity contribution in [1.29, 1.82) is 0 Å². The minimum absolute atomic E-state index is 0.250. The standard InChI is InChI=1S/C13H19NO3S7Si/c1-10(25(15-2,16-3)17-4)9-18-21-23-24-22-20-13-14-11-7-5-6-8-12(11)19-13/h5-8,10H,9H2,1-4H3. The molecule has 0 saturated heterocycles. The maximum absolute atomic E-state index is 5.51. The number of rotatable bonds is 12. The van der Waals surface area contributed by atoms with E-state index in [2.05, 4.69) is 30.1 Å². The summed E-state index contributed by atoms with van der Waals surface area (Å²) in [6.07, 6.45) is 0. The Morgan fingerprint density at radius 1 is 1.04 bits per heavy atom. The molecule has 0 aliphatic rings. The molecule has 1 aromatic carbocycles. The zero-order valence-electron chi connectivity index (χ0n) is 14.1. The molecule has 0 N–H and O–H groups in total. The molecule has 1 atom stereocenters. The Morgan fingerprint density at radius 2 is 1.72 bits per heavy atom. The van der Waals surface area contributed by atoms with Gasteiger partial charge in [-0.3, -0.25) is 0 Å². The fraction of sp³-hybridized carbons (Fsp3) is 0.462. The average molecular weight is 490 g/mol. The van der Waals surface area contributed by atoms with Gasteiger partial charge in [0, 0.05) is 32.6 Å². The first-order valence-electron chi connectivity index (χ1n) is 7.12. The SMILES string of the molecule is CO[Si](OC)(OC)C(C)CSSSSSSc1nc2ccccc2s1. The molecule has 0 aliphatic carbocycles. The predicted molar refractivity (Wildman–Crippen MR) is 125 cm³/mol. The minimum atomic E-state index is -2.52. The van der Waals surface area contributed by atoms with E-state index in [1.165, 1.54) is 4.70 Å². The molecule has 0 spiro atoms. The molecule has 0 amide bonds. The van der Waals surface area contributed by atoms with Crippen LogP contribution in [0.25, 0.3) is 10.2 Å². The van der Waals surface area contributed by atoms with Crippen molar-refractivity contribution in [3.05, 3.63) is 24.3 Å². The number of hydrogen-bond acceptors (Lipinski definition) is 11. The maximum Gasteiger partial charge on any atom is 0.504 e. The Hall–Kier alpha value is 1.31. The van der Waals surface area contributed by atoms with Gasteiger partial charge in [0.1, 0.15) is 0 Å². The van der Waals surface area contributed by atoms with Crippen LogP contribution in [0.2, 0.25) is 5.54 Å². The molecule has 0 aliphatic heterocycles. The third kappa shape index (κ3) is 6.70. The molecule has 1 unspecified atom stereocenters. The summed E-state index contributed by atoms with van der Waals surface area (Å²) in [5.74, 6) is 0.926. The Kier molecular flexibility index (Phi) is 10.8. The third-order valence-electron chi connectivity index (χ3n) is 3.29. The zero-order chi connectivity index (χ0) is 18.1. The summed E-state index contributed by atoms with van der Waals surface area (Å²) in [5.41, 5.74) is 1.33. The molecule has 0 bridgehead atoms. The summed E-state index contributed by atoms with van der Waals surface area (Å²) in [6, 6.07) is 8.24. The molecule has 2 rings (SSSR count). The fourth-order valence-corrected chi connectivity index (χ4v) is 18.1. The Balaban J connectivity index is 1.60. The Bertz CT molecular complexity index is 602. The van der Waals surface area contributed by atoms with Crippen LogP contribution in [-0.2, 0) is 13.3 Å². The Morgan fingerprint density at radius 3 is 2.40 bits per heavy atom. The number of thiazole rings is 1. The first-order valence-corrected chi connectivity index (χ1v) is 17.4. The first-order chi connectivity index (χ1) is 12.1. The second-order valence-corrected chi connectivity index (χ2v) is 18.8. The average Bonchev–Trinajstić information content (AvgIpc) is 3.05. The second-order valence-electron chi connectivity index (χ2n) is 4.70. The lowest BCUT2D eigenvalue weighted by Crippen LogP contribution is -2.47. The van der Waals surface area contributed by atoms with Crippen LogP contribution in [0.1, 0.15) is 6.92 Å². The molecule has 0 radical (unpaired) electrons. The topological polar surface area (TPSA) is 40.6 Å². The van der Waals surface area contributed by atoms with Gasteiger partial charge in [-0.15, -0.1) is 11.3 Å². The smallest absolute Gasteiger partial charge is 0.377 e. The number of hydrogen-bond donors (Lipinski definition) is 0. The van der Waals surface area contributed by atoms with Crippen LogP contribution >= 0.6 is 72.2 Å². The minimum Gasteiger partial charge on any atom is -0.377 e. The Labute approximate surface area is 176 Å². The van der Waals surface area contributed by atoms with E-state index < -0.39 is 8.80 Å². The summed E-state index contributed by atoms with van der Waals surface area (Å²) in [6.45, 7) is 2.12. The van der Waals surface area contributed by atoms with Crippen molar-refractivity contribution in [2.75, 3.05) is 27.1 Å². The molecular formula is C13H19NO3S7Si. The van der Waals surface area contributed by atoms with Crippen LogP contribution in [0.15, 0.2) is 28.6 Å². The highest BCUT2D eigenvalue weighted by Crippen LogP contribution is 2.55. The van der Waals surface area contributed by atoms with Gasteiger partial charge < -0.3 is 13.3 Å². The van der Waals surface area contributed by atoms with Crippen LogP contribution < -0.4 is 0 Å². The zero-order valence-corrected chi connectivity index (χ0v) is 20.8. The van der Waals surface area contributed by atoms with Gasteiger partial charge in [-0.1, -0.05) is 29.9 Å². The summed E-state index contributed by atoms with van der Waals surface area (Å²) >= 11 is 1.74. The van der Waals surface area contributed by atoms with Crippen molar-refractivity contribution in [1.82, 2.24) is 4.98 Å².